The highest BCUT2D eigenvalue weighted by Gasteiger charge is 2.64. The van der Waals surface area contributed by atoms with Gasteiger partial charge in [-0.2, -0.15) is 13.2 Å². The van der Waals surface area contributed by atoms with E-state index >= 15 is 0 Å². The number of halogens is 3. The molecule has 3 rings (SSSR count). The molecule has 2 amide bonds. The Morgan fingerprint density at radius 3 is 2.17 bits per heavy atom. The molecule has 2 aliphatic rings. The molecule has 1 fully saturated rings. The summed E-state index contributed by atoms with van der Waals surface area (Å²) in [5.41, 5.74) is -3.25. The zero-order valence-electron chi connectivity index (χ0n) is 12.3. The van der Waals surface area contributed by atoms with Gasteiger partial charge in [-0.25, -0.2) is 4.79 Å². The quantitative estimate of drug-likeness (QED) is 0.770. The lowest BCUT2D eigenvalue weighted by molar-refractivity contribution is -0.294. The SMILES string of the molecule is O=C1c2ccccc2C(=O)N1OC(=O)C1(C(F)(F)F)CCCCO1. The van der Waals surface area contributed by atoms with Crippen molar-refractivity contribution in [3.05, 3.63) is 35.4 Å². The zero-order valence-corrected chi connectivity index (χ0v) is 12.3. The summed E-state index contributed by atoms with van der Waals surface area (Å²) < 4.78 is 44.8. The van der Waals surface area contributed by atoms with Crippen molar-refractivity contribution >= 4 is 17.8 Å². The Morgan fingerprint density at radius 2 is 1.71 bits per heavy atom. The van der Waals surface area contributed by atoms with Crippen LogP contribution in [0.2, 0.25) is 0 Å². The fraction of sp³-hybridized carbons (Fsp3) is 0.400. The molecule has 1 aromatic carbocycles. The van der Waals surface area contributed by atoms with Crippen molar-refractivity contribution in [2.45, 2.75) is 31.0 Å². The Labute approximate surface area is 134 Å². The number of amides is 2. The number of hydrogen-bond acceptors (Lipinski definition) is 5. The number of nitrogens with zero attached hydrogens (tertiary/aromatic N) is 1. The van der Waals surface area contributed by atoms with Crippen LogP contribution in [0.25, 0.3) is 0 Å². The summed E-state index contributed by atoms with van der Waals surface area (Å²) in [6, 6.07) is 5.60. The maximum atomic E-state index is 13.4. The Morgan fingerprint density at radius 1 is 1.12 bits per heavy atom. The number of imide groups is 1. The van der Waals surface area contributed by atoms with E-state index in [4.69, 9.17) is 4.74 Å². The first-order valence-corrected chi connectivity index (χ1v) is 7.19. The Hall–Kier alpha value is -2.42. The number of carbonyl (C=O) groups excluding carboxylic acids is 3. The Kier molecular flexibility index (Phi) is 3.83. The van der Waals surface area contributed by atoms with Gasteiger partial charge in [0.15, 0.2) is 0 Å². The van der Waals surface area contributed by atoms with Gasteiger partial charge < -0.3 is 9.57 Å². The molecule has 1 unspecified atom stereocenters. The van der Waals surface area contributed by atoms with E-state index in [1.807, 2.05) is 0 Å². The van der Waals surface area contributed by atoms with Gasteiger partial charge in [0, 0.05) is 6.61 Å². The summed E-state index contributed by atoms with van der Waals surface area (Å²) in [6.45, 7) is -0.267. The Bertz CT molecular complexity index is 674. The van der Waals surface area contributed by atoms with Crippen LogP contribution in [0.5, 0.6) is 0 Å². The molecular weight excluding hydrogens is 331 g/mol. The van der Waals surface area contributed by atoms with Crippen molar-refractivity contribution in [2.24, 2.45) is 0 Å². The lowest BCUT2D eigenvalue weighted by Gasteiger charge is -2.36. The summed E-state index contributed by atoms with van der Waals surface area (Å²) >= 11 is 0. The molecule has 0 aliphatic carbocycles. The van der Waals surface area contributed by atoms with E-state index in [9.17, 15) is 27.6 Å². The highest BCUT2D eigenvalue weighted by Crippen LogP contribution is 2.41. The first-order chi connectivity index (χ1) is 11.3. The molecular formula is C15H12F3NO5. The van der Waals surface area contributed by atoms with E-state index in [0.717, 1.165) is 0 Å². The van der Waals surface area contributed by atoms with Gasteiger partial charge in [-0.3, -0.25) is 9.59 Å². The molecule has 1 saturated heterocycles. The van der Waals surface area contributed by atoms with Crippen LogP contribution in [-0.2, 0) is 14.4 Å². The first kappa shape index (κ1) is 16.4. The van der Waals surface area contributed by atoms with Gasteiger partial charge in [-0.1, -0.05) is 17.2 Å². The fourth-order valence-electron chi connectivity index (χ4n) is 2.70. The van der Waals surface area contributed by atoms with Gasteiger partial charge in [0.25, 0.3) is 17.4 Å². The number of benzene rings is 1. The van der Waals surface area contributed by atoms with E-state index in [-0.39, 0.29) is 29.2 Å². The van der Waals surface area contributed by atoms with Crippen LogP contribution in [0.15, 0.2) is 24.3 Å². The normalized spacial score (nSPS) is 24.0. The lowest BCUT2D eigenvalue weighted by Crippen LogP contribution is -2.58. The van der Waals surface area contributed by atoms with Crippen LogP contribution in [0.4, 0.5) is 13.2 Å². The molecule has 2 heterocycles. The number of hydroxylamine groups is 2. The molecule has 128 valence electrons. The molecule has 24 heavy (non-hydrogen) atoms. The topological polar surface area (TPSA) is 72.9 Å². The summed E-state index contributed by atoms with van der Waals surface area (Å²) in [4.78, 5) is 40.9. The molecule has 1 aromatic rings. The van der Waals surface area contributed by atoms with Gasteiger partial charge in [-0.15, -0.1) is 0 Å². The summed E-state index contributed by atoms with van der Waals surface area (Å²) in [6.07, 6.45) is -5.17. The fourth-order valence-corrected chi connectivity index (χ4v) is 2.70. The van der Waals surface area contributed by atoms with Crippen molar-refractivity contribution in [2.75, 3.05) is 6.61 Å². The van der Waals surface area contributed by atoms with Gasteiger partial charge >= 0.3 is 12.1 Å². The number of alkyl halides is 3. The number of rotatable bonds is 2. The maximum absolute atomic E-state index is 13.4. The molecule has 0 aromatic heterocycles. The first-order valence-electron chi connectivity index (χ1n) is 7.19. The standard InChI is InChI=1S/C15H12F3NO5/c16-15(17,18)14(7-3-4-8-23-14)13(22)24-19-11(20)9-5-1-2-6-10(9)12(19)21/h1-2,5-6H,3-4,7-8H2. The second kappa shape index (κ2) is 5.59. The molecule has 2 aliphatic heterocycles. The predicted octanol–water partition coefficient (Wildman–Crippen LogP) is 2.24. The second-order valence-corrected chi connectivity index (χ2v) is 5.46. The van der Waals surface area contributed by atoms with Crippen molar-refractivity contribution < 1.29 is 37.1 Å². The van der Waals surface area contributed by atoms with E-state index in [0.29, 0.717) is 6.42 Å². The predicted molar refractivity (Wildman–Crippen MR) is 71.6 cm³/mol. The van der Waals surface area contributed by atoms with Crippen molar-refractivity contribution in [1.29, 1.82) is 0 Å². The molecule has 0 saturated carbocycles. The van der Waals surface area contributed by atoms with E-state index < -0.39 is 36.0 Å². The molecule has 6 nitrogen and oxygen atoms in total. The highest BCUT2D eigenvalue weighted by molar-refractivity contribution is 6.21. The molecule has 1 atom stereocenters. The smallest absolute Gasteiger partial charge is 0.356 e. The monoisotopic (exact) mass is 343 g/mol. The summed E-state index contributed by atoms with van der Waals surface area (Å²) in [7, 11) is 0. The summed E-state index contributed by atoms with van der Waals surface area (Å²) in [5, 5.41) is 0.0540. The van der Waals surface area contributed by atoms with E-state index in [1.165, 1.54) is 24.3 Å². The molecule has 0 bridgehead atoms. The van der Waals surface area contributed by atoms with Crippen LogP contribution in [0.1, 0.15) is 40.0 Å². The van der Waals surface area contributed by atoms with Crippen LogP contribution in [-0.4, -0.2) is 41.2 Å². The number of ether oxygens (including phenoxy) is 1. The van der Waals surface area contributed by atoms with Gasteiger partial charge in [-0.05, 0) is 31.4 Å². The third-order valence-corrected chi connectivity index (χ3v) is 3.99. The molecule has 9 heteroatoms. The van der Waals surface area contributed by atoms with Gasteiger partial charge in [0.05, 0.1) is 11.1 Å². The van der Waals surface area contributed by atoms with Gasteiger partial charge in [0.1, 0.15) is 0 Å². The van der Waals surface area contributed by atoms with E-state index in [2.05, 4.69) is 4.84 Å². The third-order valence-electron chi connectivity index (χ3n) is 3.99. The minimum Gasteiger partial charge on any atom is -0.356 e. The minimum absolute atomic E-state index is 0.0408. The van der Waals surface area contributed by atoms with Crippen LogP contribution in [0.3, 0.4) is 0 Å². The van der Waals surface area contributed by atoms with Crippen molar-refractivity contribution in [3.63, 3.8) is 0 Å². The number of carbonyl (C=O) groups is 3. The molecule has 0 N–H and O–H groups in total. The Balaban J connectivity index is 1.87. The largest absolute Gasteiger partial charge is 0.428 e. The minimum atomic E-state index is -5.02. The van der Waals surface area contributed by atoms with Crippen molar-refractivity contribution in [1.82, 2.24) is 5.06 Å². The number of fused-ring (bicyclic) bond motifs is 1. The van der Waals surface area contributed by atoms with Crippen LogP contribution in [0, 0.1) is 0 Å². The van der Waals surface area contributed by atoms with E-state index in [1.54, 1.807) is 0 Å². The lowest BCUT2D eigenvalue weighted by atomic mass is 9.93. The summed E-state index contributed by atoms with van der Waals surface area (Å²) in [5.74, 6) is -3.79. The highest BCUT2D eigenvalue weighted by atomic mass is 19.4. The number of hydrogen-bond donors (Lipinski definition) is 0. The van der Waals surface area contributed by atoms with Crippen LogP contribution < -0.4 is 0 Å². The maximum Gasteiger partial charge on any atom is 0.428 e. The molecule has 0 spiro atoms. The second-order valence-electron chi connectivity index (χ2n) is 5.46. The van der Waals surface area contributed by atoms with Crippen molar-refractivity contribution in [3.8, 4) is 0 Å². The third kappa shape index (κ3) is 2.35. The van der Waals surface area contributed by atoms with Crippen LogP contribution >= 0.6 is 0 Å². The molecule has 0 radical (unpaired) electrons. The average Bonchev–Trinajstić information content (AvgIpc) is 2.80. The average molecular weight is 343 g/mol. The zero-order chi connectivity index (χ0) is 17.5. The van der Waals surface area contributed by atoms with Gasteiger partial charge in [0.2, 0.25) is 0 Å².